The molecule has 1 aromatic heterocycles. The molecule has 0 fully saturated rings. The van der Waals surface area contributed by atoms with E-state index in [0.29, 0.717) is 23.5 Å². The molecule has 20 heavy (non-hydrogen) atoms. The lowest BCUT2D eigenvalue weighted by Crippen LogP contribution is -2.41. The Balaban J connectivity index is 2.27. The van der Waals surface area contributed by atoms with Gasteiger partial charge < -0.3 is 15.4 Å². The van der Waals surface area contributed by atoms with Crippen LogP contribution in [0.3, 0.4) is 0 Å². The number of nitrogens with zero attached hydrogens (tertiary/aromatic N) is 2. The summed E-state index contributed by atoms with van der Waals surface area (Å²) in [5, 5.41) is 9.69. The zero-order valence-corrected chi connectivity index (χ0v) is 13.0. The largest absolute Gasteiger partial charge is 0.444 e. The maximum atomic E-state index is 12.2. The van der Waals surface area contributed by atoms with Crippen LogP contribution in [0.25, 0.3) is 0 Å². The molecule has 2 N–H and O–H groups in total. The molecule has 1 aromatic rings. The molecule has 5 nitrogen and oxygen atoms in total. The summed E-state index contributed by atoms with van der Waals surface area (Å²) in [5.74, 6) is 0. The topological polar surface area (TPSA) is 79.4 Å². The number of hydrogen-bond donors (Lipinski definition) is 1. The van der Waals surface area contributed by atoms with Gasteiger partial charge in [-0.2, -0.15) is 5.26 Å². The number of anilines is 1. The van der Waals surface area contributed by atoms with Gasteiger partial charge in [0.25, 0.3) is 0 Å². The first-order valence-corrected chi connectivity index (χ1v) is 7.37. The summed E-state index contributed by atoms with van der Waals surface area (Å²) in [6.07, 6.45) is 0.330. The fourth-order valence-electron chi connectivity index (χ4n) is 2.35. The Kier molecular flexibility index (Phi) is 3.65. The summed E-state index contributed by atoms with van der Waals surface area (Å²) in [7, 11) is 0. The van der Waals surface area contributed by atoms with Crippen LogP contribution < -0.4 is 5.73 Å². The van der Waals surface area contributed by atoms with E-state index in [1.165, 1.54) is 11.3 Å². The Morgan fingerprint density at radius 2 is 2.20 bits per heavy atom. The van der Waals surface area contributed by atoms with E-state index in [2.05, 4.69) is 6.07 Å². The fourth-order valence-corrected chi connectivity index (χ4v) is 3.48. The average Bonchev–Trinajstić information content (AvgIpc) is 2.63. The van der Waals surface area contributed by atoms with Crippen LogP contribution in [0, 0.1) is 11.3 Å². The maximum Gasteiger partial charge on any atom is 0.410 e. The van der Waals surface area contributed by atoms with Crippen molar-refractivity contribution < 1.29 is 9.53 Å². The smallest absolute Gasteiger partial charge is 0.410 e. The van der Waals surface area contributed by atoms with Crippen molar-refractivity contribution in [3.63, 3.8) is 0 Å². The van der Waals surface area contributed by atoms with Crippen LogP contribution in [-0.4, -0.2) is 23.1 Å². The number of nitrogens with two attached hydrogens (primary N) is 1. The number of fused-ring (bicyclic) bond motifs is 1. The van der Waals surface area contributed by atoms with Crippen LogP contribution in [0.4, 0.5) is 9.80 Å². The lowest BCUT2D eigenvalue weighted by molar-refractivity contribution is 0.0164. The van der Waals surface area contributed by atoms with Gasteiger partial charge in [0.15, 0.2) is 0 Å². The van der Waals surface area contributed by atoms with Gasteiger partial charge in [-0.25, -0.2) is 4.79 Å². The quantitative estimate of drug-likeness (QED) is 0.797. The average molecular weight is 293 g/mol. The molecule has 0 saturated carbocycles. The normalized spacial score (nSPS) is 18.4. The van der Waals surface area contributed by atoms with Crippen LogP contribution in [0.15, 0.2) is 0 Å². The first-order chi connectivity index (χ1) is 9.24. The van der Waals surface area contributed by atoms with Gasteiger partial charge in [0.05, 0.1) is 11.6 Å². The number of thiophene rings is 1. The van der Waals surface area contributed by atoms with E-state index in [4.69, 9.17) is 15.7 Å². The number of nitriles is 1. The molecule has 0 spiro atoms. The predicted molar refractivity (Wildman–Crippen MR) is 78.5 cm³/mol. The molecule has 108 valence electrons. The molecule has 0 saturated heterocycles. The standard InChI is InChI=1S/C14H19N3O2S/c1-8-11-9(10(7-15)12(16)20-11)5-6-17(8)13(18)19-14(2,3)4/h8H,5-6,16H2,1-4H3/t8-/m1/s1. The molecular weight excluding hydrogens is 274 g/mol. The lowest BCUT2D eigenvalue weighted by atomic mass is 9.99. The fraction of sp³-hybridized carbons (Fsp3) is 0.571. The second-order valence-corrected chi connectivity index (χ2v) is 6.98. The first-order valence-electron chi connectivity index (χ1n) is 6.55. The van der Waals surface area contributed by atoms with Crippen LogP contribution in [-0.2, 0) is 11.2 Å². The third-order valence-electron chi connectivity index (χ3n) is 3.25. The maximum absolute atomic E-state index is 12.2. The molecular formula is C14H19N3O2S. The highest BCUT2D eigenvalue weighted by Gasteiger charge is 2.34. The minimum atomic E-state index is -0.511. The van der Waals surface area contributed by atoms with Crippen molar-refractivity contribution in [1.29, 1.82) is 5.26 Å². The Morgan fingerprint density at radius 3 is 2.75 bits per heavy atom. The van der Waals surface area contributed by atoms with Crippen LogP contribution in [0.2, 0.25) is 0 Å². The Labute approximate surface area is 122 Å². The van der Waals surface area contributed by atoms with E-state index < -0.39 is 5.60 Å². The van der Waals surface area contributed by atoms with Gasteiger partial charge in [0, 0.05) is 11.4 Å². The van der Waals surface area contributed by atoms with E-state index in [1.807, 2.05) is 27.7 Å². The monoisotopic (exact) mass is 293 g/mol. The van der Waals surface area contributed by atoms with Crippen molar-refractivity contribution in [2.75, 3.05) is 12.3 Å². The first kappa shape index (κ1) is 14.7. The van der Waals surface area contributed by atoms with E-state index in [-0.39, 0.29) is 12.1 Å². The number of amides is 1. The Hall–Kier alpha value is -1.74. The van der Waals surface area contributed by atoms with Gasteiger partial charge in [0.2, 0.25) is 0 Å². The highest BCUT2D eigenvalue weighted by Crippen LogP contribution is 2.40. The van der Waals surface area contributed by atoms with E-state index in [1.54, 1.807) is 4.90 Å². The van der Waals surface area contributed by atoms with Gasteiger partial charge in [-0.15, -0.1) is 11.3 Å². The van der Waals surface area contributed by atoms with Crippen LogP contribution in [0.5, 0.6) is 0 Å². The minimum absolute atomic E-state index is 0.108. The summed E-state index contributed by atoms with van der Waals surface area (Å²) in [6.45, 7) is 8.04. The summed E-state index contributed by atoms with van der Waals surface area (Å²) < 4.78 is 5.42. The molecule has 0 unspecified atom stereocenters. The van der Waals surface area contributed by atoms with Crippen molar-refractivity contribution in [2.45, 2.75) is 45.8 Å². The summed E-state index contributed by atoms with van der Waals surface area (Å²) in [4.78, 5) is 14.9. The van der Waals surface area contributed by atoms with Crippen molar-refractivity contribution >= 4 is 22.4 Å². The highest BCUT2D eigenvalue weighted by atomic mass is 32.1. The summed E-state index contributed by atoms with van der Waals surface area (Å²) in [6, 6.07) is 2.05. The molecule has 1 aliphatic heterocycles. The van der Waals surface area contributed by atoms with Crippen molar-refractivity contribution in [3.05, 3.63) is 16.0 Å². The Bertz CT molecular complexity index is 580. The van der Waals surface area contributed by atoms with Gasteiger partial charge in [-0.1, -0.05) is 0 Å². The second kappa shape index (κ2) is 4.98. The molecule has 0 radical (unpaired) electrons. The summed E-state index contributed by atoms with van der Waals surface area (Å²) in [5.41, 5.74) is 6.93. The van der Waals surface area contributed by atoms with Crippen molar-refractivity contribution in [1.82, 2.24) is 4.90 Å². The zero-order valence-electron chi connectivity index (χ0n) is 12.2. The van der Waals surface area contributed by atoms with Gasteiger partial charge >= 0.3 is 6.09 Å². The molecule has 1 aliphatic rings. The van der Waals surface area contributed by atoms with Crippen molar-refractivity contribution in [3.8, 4) is 6.07 Å². The molecule has 0 bridgehead atoms. The predicted octanol–water partition coefficient (Wildman–Crippen LogP) is 3.06. The third-order valence-corrected chi connectivity index (χ3v) is 4.49. The number of carbonyl (C=O) groups excluding carboxylic acids is 1. The minimum Gasteiger partial charge on any atom is -0.444 e. The molecule has 6 heteroatoms. The third kappa shape index (κ3) is 2.59. The highest BCUT2D eigenvalue weighted by molar-refractivity contribution is 7.16. The van der Waals surface area contributed by atoms with Crippen molar-refractivity contribution in [2.24, 2.45) is 0 Å². The SMILES string of the molecule is C[C@@H]1c2sc(N)c(C#N)c2CCN1C(=O)OC(C)(C)C. The van der Waals surface area contributed by atoms with Crippen LogP contribution in [0.1, 0.15) is 49.7 Å². The van der Waals surface area contributed by atoms with Gasteiger partial charge in [-0.05, 0) is 39.7 Å². The molecule has 2 heterocycles. The second-order valence-electron chi connectivity index (χ2n) is 5.90. The lowest BCUT2D eigenvalue weighted by Gasteiger charge is -2.34. The van der Waals surface area contributed by atoms with Crippen LogP contribution >= 0.6 is 11.3 Å². The Morgan fingerprint density at radius 1 is 1.55 bits per heavy atom. The number of nitrogen functional groups attached to an aromatic ring is 1. The van der Waals surface area contributed by atoms with E-state index >= 15 is 0 Å². The molecule has 0 aliphatic carbocycles. The van der Waals surface area contributed by atoms with Gasteiger partial charge in [0.1, 0.15) is 16.7 Å². The molecule has 1 atom stereocenters. The zero-order chi connectivity index (χ0) is 15.1. The number of carbonyl (C=O) groups is 1. The van der Waals surface area contributed by atoms with E-state index in [9.17, 15) is 4.79 Å². The molecule has 2 rings (SSSR count). The molecule has 0 aromatic carbocycles. The molecule has 1 amide bonds. The number of ether oxygens (including phenoxy) is 1. The van der Waals surface area contributed by atoms with Gasteiger partial charge in [-0.3, -0.25) is 0 Å². The van der Waals surface area contributed by atoms with E-state index in [0.717, 1.165) is 10.4 Å². The number of hydrogen-bond acceptors (Lipinski definition) is 5. The summed E-state index contributed by atoms with van der Waals surface area (Å²) >= 11 is 1.39. The number of rotatable bonds is 0.